The second-order valence-corrected chi connectivity index (χ2v) is 2.76. The quantitative estimate of drug-likeness (QED) is 0.579. The van der Waals surface area contributed by atoms with E-state index in [0.717, 1.165) is 18.7 Å². The van der Waals surface area contributed by atoms with E-state index in [2.05, 4.69) is 10.3 Å². The molecule has 0 unspecified atom stereocenters. The number of aryl methyl sites for hydroxylation is 1. The predicted octanol–water partition coefficient (Wildman–Crippen LogP) is 1.02. The molecule has 0 fully saturated rings. The maximum absolute atomic E-state index is 5.67. The Balaban J connectivity index is 2.49. The van der Waals surface area contributed by atoms with Gasteiger partial charge in [-0.2, -0.15) is 0 Å². The van der Waals surface area contributed by atoms with E-state index in [9.17, 15) is 0 Å². The molecule has 3 heteroatoms. The molecule has 3 N–H and O–H groups in total. The van der Waals surface area contributed by atoms with Crippen LogP contribution < -0.4 is 11.1 Å². The first-order chi connectivity index (χ1) is 5.38. The first-order valence-corrected chi connectivity index (χ1v) is 3.85. The van der Waals surface area contributed by atoms with Gasteiger partial charge >= 0.3 is 0 Å². The van der Waals surface area contributed by atoms with Gasteiger partial charge in [0.25, 0.3) is 0 Å². The molecule has 3 nitrogen and oxygen atoms in total. The van der Waals surface area contributed by atoms with Crippen molar-refractivity contribution in [1.82, 2.24) is 4.98 Å². The molecule has 1 aliphatic rings. The SMILES string of the molecule is Nc1nccc2c1NCCC2. The summed E-state index contributed by atoms with van der Waals surface area (Å²) in [6.07, 6.45) is 4.08. The van der Waals surface area contributed by atoms with Crippen LogP contribution in [0.2, 0.25) is 0 Å². The summed E-state index contributed by atoms with van der Waals surface area (Å²) in [6, 6.07) is 2.03. The van der Waals surface area contributed by atoms with Crippen molar-refractivity contribution in [3.05, 3.63) is 17.8 Å². The number of nitrogens with one attached hydrogen (secondary N) is 1. The van der Waals surface area contributed by atoms with Crippen molar-refractivity contribution in [3.8, 4) is 0 Å². The molecule has 11 heavy (non-hydrogen) atoms. The molecule has 0 radical (unpaired) electrons. The zero-order valence-electron chi connectivity index (χ0n) is 6.30. The van der Waals surface area contributed by atoms with Gasteiger partial charge in [0.05, 0.1) is 5.69 Å². The maximum Gasteiger partial charge on any atom is 0.147 e. The topological polar surface area (TPSA) is 50.9 Å². The van der Waals surface area contributed by atoms with E-state index >= 15 is 0 Å². The van der Waals surface area contributed by atoms with E-state index in [-0.39, 0.29) is 0 Å². The second-order valence-electron chi connectivity index (χ2n) is 2.76. The van der Waals surface area contributed by atoms with Gasteiger partial charge in [-0.15, -0.1) is 0 Å². The van der Waals surface area contributed by atoms with Gasteiger partial charge in [0.15, 0.2) is 0 Å². The Morgan fingerprint density at radius 1 is 1.55 bits per heavy atom. The van der Waals surface area contributed by atoms with Crippen molar-refractivity contribution in [3.63, 3.8) is 0 Å². The van der Waals surface area contributed by atoms with Crippen LogP contribution in [0, 0.1) is 0 Å². The Morgan fingerprint density at radius 2 is 2.45 bits per heavy atom. The van der Waals surface area contributed by atoms with Crippen molar-refractivity contribution < 1.29 is 0 Å². The lowest BCUT2D eigenvalue weighted by Gasteiger charge is -2.18. The summed E-state index contributed by atoms with van der Waals surface area (Å²) in [5.74, 6) is 0.627. The first-order valence-electron chi connectivity index (χ1n) is 3.85. The third-order valence-corrected chi connectivity index (χ3v) is 1.99. The second kappa shape index (κ2) is 2.42. The van der Waals surface area contributed by atoms with Gasteiger partial charge in [0, 0.05) is 12.7 Å². The number of nitrogen functional groups attached to an aromatic ring is 1. The van der Waals surface area contributed by atoms with Gasteiger partial charge in [-0.05, 0) is 24.5 Å². The number of anilines is 2. The molecule has 2 heterocycles. The molecule has 0 bridgehead atoms. The third-order valence-electron chi connectivity index (χ3n) is 1.99. The molecular weight excluding hydrogens is 138 g/mol. The minimum atomic E-state index is 0.627. The molecule has 0 amide bonds. The largest absolute Gasteiger partial charge is 0.382 e. The lowest BCUT2D eigenvalue weighted by atomic mass is 10.1. The summed E-state index contributed by atoms with van der Waals surface area (Å²) in [5.41, 5.74) is 8.00. The Hall–Kier alpha value is -1.25. The van der Waals surface area contributed by atoms with Gasteiger partial charge in [0.1, 0.15) is 5.82 Å². The Labute approximate surface area is 65.6 Å². The highest BCUT2D eigenvalue weighted by Gasteiger charge is 2.10. The minimum Gasteiger partial charge on any atom is -0.382 e. The highest BCUT2D eigenvalue weighted by Crippen LogP contribution is 2.25. The van der Waals surface area contributed by atoms with Crippen molar-refractivity contribution in [2.24, 2.45) is 0 Å². The highest BCUT2D eigenvalue weighted by molar-refractivity contribution is 5.67. The Bertz CT molecular complexity index is 270. The third kappa shape index (κ3) is 1.02. The fraction of sp³-hybridized carbons (Fsp3) is 0.375. The molecule has 0 saturated heterocycles. The number of pyridine rings is 1. The average molecular weight is 149 g/mol. The van der Waals surface area contributed by atoms with Crippen LogP contribution in [0.3, 0.4) is 0 Å². The molecule has 2 rings (SSSR count). The van der Waals surface area contributed by atoms with Crippen LogP contribution in [0.1, 0.15) is 12.0 Å². The fourth-order valence-corrected chi connectivity index (χ4v) is 1.42. The average Bonchev–Trinajstić information content (AvgIpc) is 2.06. The van der Waals surface area contributed by atoms with E-state index in [1.54, 1.807) is 6.20 Å². The zero-order chi connectivity index (χ0) is 7.68. The highest BCUT2D eigenvalue weighted by atomic mass is 15.0. The number of aromatic nitrogens is 1. The van der Waals surface area contributed by atoms with Crippen LogP contribution in [-0.4, -0.2) is 11.5 Å². The monoisotopic (exact) mass is 149 g/mol. The number of nitrogens with two attached hydrogens (primary N) is 1. The van der Waals surface area contributed by atoms with E-state index in [0.29, 0.717) is 5.82 Å². The van der Waals surface area contributed by atoms with Gasteiger partial charge in [-0.25, -0.2) is 4.98 Å². The molecule has 0 aliphatic carbocycles. The minimum absolute atomic E-state index is 0.627. The zero-order valence-corrected chi connectivity index (χ0v) is 6.30. The van der Waals surface area contributed by atoms with E-state index < -0.39 is 0 Å². The van der Waals surface area contributed by atoms with Crippen molar-refractivity contribution in [2.45, 2.75) is 12.8 Å². The van der Waals surface area contributed by atoms with Crippen LogP contribution in [0.15, 0.2) is 12.3 Å². The molecule has 0 saturated carbocycles. The number of hydrogen-bond acceptors (Lipinski definition) is 3. The lowest BCUT2D eigenvalue weighted by molar-refractivity contribution is 0.828. The predicted molar refractivity (Wildman–Crippen MR) is 45.5 cm³/mol. The van der Waals surface area contributed by atoms with Gasteiger partial charge in [-0.1, -0.05) is 0 Å². The molecule has 0 aromatic carbocycles. The fourth-order valence-electron chi connectivity index (χ4n) is 1.42. The van der Waals surface area contributed by atoms with Crippen LogP contribution in [0.5, 0.6) is 0 Å². The smallest absolute Gasteiger partial charge is 0.147 e. The van der Waals surface area contributed by atoms with Crippen LogP contribution in [0.25, 0.3) is 0 Å². The molecule has 0 spiro atoms. The van der Waals surface area contributed by atoms with Crippen molar-refractivity contribution >= 4 is 11.5 Å². The van der Waals surface area contributed by atoms with Crippen molar-refractivity contribution in [1.29, 1.82) is 0 Å². The van der Waals surface area contributed by atoms with Crippen molar-refractivity contribution in [2.75, 3.05) is 17.6 Å². The lowest BCUT2D eigenvalue weighted by Crippen LogP contribution is -2.14. The summed E-state index contributed by atoms with van der Waals surface area (Å²) in [6.45, 7) is 1.02. The summed E-state index contributed by atoms with van der Waals surface area (Å²) in [4.78, 5) is 4.01. The molecular formula is C8H11N3. The van der Waals surface area contributed by atoms with Crippen LogP contribution >= 0.6 is 0 Å². The van der Waals surface area contributed by atoms with E-state index in [4.69, 9.17) is 5.73 Å². The molecule has 58 valence electrons. The number of fused-ring (bicyclic) bond motifs is 1. The number of hydrogen-bond donors (Lipinski definition) is 2. The molecule has 1 aromatic heterocycles. The van der Waals surface area contributed by atoms with E-state index in [1.165, 1.54) is 12.0 Å². The maximum atomic E-state index is 5.67. The summed E-state index contributed by atoms with van der Waals surface area (Å²) >= 11 is 0. The Kier molecular flexibility index (Phi) is 1.42. The number of rotatable bonds is 0. The van der Waals surface area contributed by atoms with Gasteiger partial charge < -0.3 is 11.1 Å². The standard InChI is InChI=1S/C8H11N3/c9-8-7-6(3-5-11-8)2-1-4-10-7/h3,5,10H,1-2,4H2,(H2,9,11). The van der Waals surface area contributed by atoms with Crippen LogP contribution in [-0.2, 0) is 6.42 Å². The van der Waals surface area contributed by atoms with Gasteiger partial charge in [0.2, 0.25) is 0 Å². The normalized spacial score (nSPS) is 15.3. The first kappa shape index (κ1) is 6.46. The van der Waals surface area contributed by atoms with Gasteiger partial charge in [-0.3, -0.25) is 0 Å². The number of nitrogens with zero attached hydrogens (tertiary/aromatic N) is 1. The molecule has 1 aliphatic heterocycles. The summed E-state index contributed by atoms with van der Waals surface area (Å²) < 4.78 is 0. The van der Waals surface area contributed by atoms with E-state index in [1.807, 2.05) is 6.07 Å². The summed E-state index contributed by atoms with van der Waals surface area (Å²) in [5, 5.41) is 3.24. The summed E-state index contributed by atoms with van der Waals surface area (Å²) in [7, 11) is 0. The Morgan fingerprint density at radius 3 is 3.27 bits per heavy atom. The molecule has 1 aromatic rings. The van der Waals surface area contributed by atoms with Crippen LogP contribution in [0.4, 0.5) is 11.5 Å². The molecule has 0 atom stereocenters.